The van der Waals surface area contributed by atoms with Crippen LogP contribution in [0.15, 0.2) is 10.2 Å². The first kappa shape index (κ1) is 19.4. The third-order valence-corrected chi connectivity index (χ3v) is 5.28. The number of Topliss-reactive ketones (excluding diaryl/α,β-unsaturated/α-hetero) is 1. The fourth-order valence-corrected chi connectivity index (χ4v) is 3.29. The molecule has 0 bridgehead atoms. The lowest BCUT2D eigenvalue weighted by atomic mass is 10.1. The van der Waals surface area contributed by atoms with Crippen LogP contribution >= 0.6 is 0 Å². The van der Waals surface area contributed by atoms with Gasteiger partial charge in [0.15, 0.2) is 5.66 Å². The number of carbonyl (C=O) groups is 4. The summed E-state index contributed by atoms with van der Waals surface area (Å²) in [7, 11) is -1.26. The number of carbonyl (C=O) groups excluding carboxylic acids is 4. The van der Waals surface area contributed by atoms with Crippen LogP contribution in [-0.4, -0.2) is 50.0 Å². The molecule has 2 rings (SSSR count). The van der Waals surface area contributed by atoms with Gasteiger partial charge in [-0.2, -0.15) is 10.2 Å². The maximum absolute atomic E-state index is 11.8. The molecule has 0 aromatic carbocycles. The van der Waals surface area contributed by atoms with Crippen LogP contribution in [0.3, 0.4) is 0 Å². The largest absolute Gasteiger partial charge is 0.334 e. The quantitative estimate of drug-likeness (QED) is 0.500. The number of hydroxylamine groups is 2. The van der Waals surface area contributed by atoms with Crippen LogP contribution in [0.2, 0.25) is 0 Å². The van der Waals surface area contributed by atoms with Gasteiger partial charge in [-0.1, -0.05) is 0 Å². The lowest BCUT2D eigenvalue weighted by molar-refractivity contribution is -0.197. The predicted molar refractivity (Wildman–Crippen MR) is 86.4 cm³/mol. The number of imide groups is 1. The zero-order valence-electron chi connectivity index (χ0n) is 14.1. The zero-order valence-corrected chi connectivity index (χ0v) is 14.9. The van der Waals surface area contributed by atoms with Crippen molar-refractivity contribution in [3.63, 3.8) is 0 Å². The van der Waals surface area contributed by atoms with Crippen molar-refractivity contribution in [3.8, 4) is 0 Å². The van der Waals surface area contributed by atoms with E-state index in [0.29, 0.717) is 36.5 Å². The molecule has 0 N–H and O–H groups in total. The van der Waals surface area contributed by atoms with E-state index in [1.165, 1.54) is 0 Å². The van der Waals surface area contributed by atoms with E-state index in [2.05, 4.69) is 15.1 Å². The van der Waals surface area contributed by atoms with Gasteiger partial charge in [-0.15, -0.1) is 5.06 Å². The van der Waals surface area contributed by atoms with E-state index >= 15 is 0 Å². The van der Waals surface area contributed by atoms with Gasteiger partial charge in [0, 0.05) is 54.4 Å². The molecule has 1 atom stereocenters. The van der Waals surface area contributed by atoms with Gasteiger partial charge in [-0.25, -0.2) is 4.79 Å². The number of nitrogens with zero attached hydrogens (tertiary/aromatic N) is 3. The van der Waals surface area contributed by atoms with E-state index in [-0.39, 0.29) is 36.5 Å². The van der Waals surface area contributed by atoms with Gasteiger partial charge < -0.3 is 4.84 Å². The molecule has 0 saturated carbocycles. The Labute approximate surface area is 147 Å². The molecule has 2 aliphatic rings. The fourth-order valence-electron chi connectivity index (χ4n) is 2.22. The van der Waals surface area contributed by atoms with Crippen molar-refractivity contribution in [3.05, 3.63) is 0 Å². The summed E-state index contributed by atoms with van der Waals surface area (Å²) >= 11 is 0. The molecule has 2 heterocycles. The molecule has 25 heavy (non-hydrogen) atoms. The van der Waals surface area contributed by atoms with Crippen molar-refractivity contribution in [1.29, 1.82) is 0 Å². The van der Waals surface area contributed by atoms with E-state index in [1.54, 1.807) is 0 Å². The molecule has 10 heteroatoms. The number of hydrogen-bond donors (Lipinski definition) is 0. The van der Waals surface area contributed by atoms with Gasteiger partial charge in [0.25, 0.3) is 11.8 Å². The van der Waals surface area contributed by atoms with Gasteiger partial charge in [-0.3, -0.25) is 18.6 Å². The van der Waals surface area contributed by atoms with E-state index in [0.717, 1.165) is 0 Å². The number of hydrogen-bond acceptors (Lipinski definition) is 8. The predicted octanol–water partition coefficient (Wildman–Crippen LogP) is 1.04. The highest BCUT2D eigenvalue weighted by Crippen LogP contribution is 2.32. The highest BCUT2D eigenvalue weighted by molar-refractivity contribution is 7.84. The normalized spacial score (nSPS) is 19.2. The molecule has 0 aromatic rings. The number of ketones is 1. The molecule has 1 unspecified atom stereocenters. The van der Waals surface area contributed by atoms with Crippen LogP contribution in [0.5, 0.6) is 0 Å². The third kappa shape index (κ3) is 6.45. The second kappa shape index (κ2) is 8.41. The van der Waals surface area contributed by atoms with Crippen molar-refractivity contribution < 1.29 is 28.2 Å². The second-order valence-corrected chi connectivity index (χ2v) is 7.90. The van der Waals surface area contributed by atoms with Crippen LogP contribution in [0.4, 0.5) is 0 Å². The summed E-state index contributed by atoms with van der Waals surface area (Å²) < 4.78 is 11.8. The monoisotopic (exact) mass is 371 g/mol. The average molecular weight is 371 g/mol. The minimum atomic E-state index is -1.26. The average Bonchev–Trinajstić information content (AvgIpc) is 3.23. The maximum atomic E-state index is 11.8. The first-order chi connectivity index (χ1) is 11.8. The lowest BCUT2D eigenvalue weighted by Crippen LogP contribution is -2.32. The topological polar surface area (TPSA) is 123 Å². The Hall–Kier alpha value is -1.97. The molecule has 2 aliphatic heterocycles. The summed E-state index contributed by atoms with van der Waals surface area (Å²) in [5.74, 6) is -1.39. The van der Waals surface area contributed by atoms with Gasteiger partial charge in [0.05, 0.1) is 6.42 Å². The fraction of sp³-hybridized carbons (Fsp3) is 0.733. The zero-order chi connectivity index (χ0) is 18.4. The smallest absolute Gasteiger partial charge is 0.330 e. The second-order valence-electron chi connectivity index (χ2n) is 6.20. The van der Waals surface area contributed by atoms with E-state index in [4.69, 9.17) is 0 Å². The first-order valence-electron chi connectivity index (χ1n) is 8.16. The standard InChI is InChI=1S/C15H21N3O6S/c1-15(16-17-15)8-6-11(19)3-2-9-25(23)10-7-14(22)24-18-12(20)4-5-13(18)21/h2-10H2,1H3. The van der Waals surface area contributed by atoms with Crippen molar-refractivity contribution in [2.45, 2.75) is 57.5 Å². The summed E-state index contributed by atoms with van der Waals surface area (Å²) in [5, 5.41) is 8.15. The third-order valence-electron chi connectivity index (χ3n) is 3.88. The minimum Gasteiger partial charge on any atom is -0.330 e. The van der Waals surface area contributed by atoms with E-state index < -0.39 is 28.6 Å². The Bertz CT molecular complexity index is 611. The SMILES string of the molecule is CC1(CCC(=O)CCCS(=O)CCC(=O)ON2C(=O)CCC2=O)N=N1. The molecule has 0 spiro atoms. The van der Waals surface area contributed by atoms with Crippen molar-refractivity contribution in [2.24, 2.45) is 10.2 Å². The molecule has 2 amide bonds. The molecule has 9 nitrogen and oxygen atoms in total. The van der Waals surface area contributed by atoms with Crippen LogP contribution in [0.25, 0.3) is 0 Å². The molecule has 1 saturated heterocycles. The highest BCUT2D eigenvalue weighted by Gasteiger charge is 2.34. The highest BCUT2D eigenvalue weighted by atomic mass is 32.2. The number of amides is 2. The molecule has 0 radical (unpaired) electrons. The van der Waals surface area contributed by atoms with Crippen LogP contribution < -0.4 is 0 Å². The van der Waals surface area contributed by atoms with Crippen molar-refractivity contribution in [1.82, 2.24) is 5.06 Å². The molecule has 0 aliphatic carbocycles. The van der Waals surface area contributed by atoms with Gasteiger partial charge >= 0.3 is 5.97 Å². The Morgan fingerprint density at radius 1 is 1.12 bits per heavy atom. The summed E-state index contributed by atoms with van der Waals surface area (Å²) in [6, 6.07) is 0. The van der Waals surface area contributed by atoms with E-state index in [1.807, 2.05) is 6.92 Å². The molecular formula is C15H21N3O6S. The molecule has 1 fully saturated rings. The van der Waals surface area contributed by atoms with E-state index in [9.17, 15) is 23.4 Å². The molecule has 138 valence electrons. The van der Waals surface area contributed by atoms with Crippen LogP contribution in [0, 0.1) is 0 Å². The van der Waals surface area contributed by atoms with Crippen LogP contribution in [0.1, 0.15) is 51.9 Å². The molecular weight excluding hydrogens is 350 g/mol. The van der Waals surface area contributed by atoms with Gasteiger partial charge in [-0.05, 0) is 13.3 Å². The maximum Gasteiger partial charge on any atom is 0.334 e. The Balaban J connectivity index is 1.54. The summed E-state index contributed by atoms with van der Waals surface area (Å²) in [6.45, 7) is 1.86. The summed E-state index contributed by atoms with van der Waals surface area (Å²) in [6.07, 6.45) is 1.74. The summed E-state index contributed by atoms with van der Waals surface area (Å²) in [4.78, 5) is 50.6. The Morgan fingerprint density at radius 2 is 1.76 bits per heavy atom. The van der Waals surface area contributed by atoms with Crippen molar-refractivity contribution in [2.75, 3.05) is 11.5 Å². The Kier molecular flexibility index (Phi) is 6.51. The first-order valence-corrected chi connectivity index (χ1v) is 9.65. The minimum absolute atomic E-state index is 0.0351. The lowest BCUT2D eigenvalue weighted by Gasteiger charge is -2.12. The van der Waals surface area contributed by atoms with Crippen molar-refractivity contribution >= 4 is 34.4 Å². The van der Waals surface area contributed by atoms with Crippen LogP contribution in [-0.2, 0) is 34.8 Å². The Morgan fingerprint density at radius 3 is 2.36 bits per heavy atom. The summed E-state index contributed by atoms with van der Waals surface area (Å²) in [5.41, 5.74) is -0.378. The van der Waals surface area contributed by atoms with Gasteiger partial charge in [0.1, 0.15) is 5.78 Å². The molecule has 0 aromatic heterocycles. The number of rotatable bonds is 11. The van der Waals surface area contributed by atoms with Gasteiger partial charge in [0.2, 0.25) is 0 Å².